The van der Waals surface area contributed by atoms with Gasteiger partial charge in [-0.3, -0.25) is 14.4 Å². The summed E-state index contributed by atoms with van der Waals surface area (Å²) in [5.74, 6) is -2.92. The van der Waals surface area contributed by atoms with Gasteiger partial charge in [0.2, 0.25) is 18.6 Å². The summed E-state index contributed by atoms with van der Waals surface area (Å²) >= 11 is 0. The molecule has 1 heterocycles. The van der Waals surface area contributed by atoms with E-state index in [2.05, 4.69) is 5.32 Å². The van der Waals surface area contributed by atoms with Crippen LogP contribution in [0.1, 0.15) is 81.6 Å². The van der Waals surface area contributed by atoms with E-state index in [-0.39, 0.29) is 35.0 Å². The third kappa shape index (κ3) is 7.79. The molecule has 2 aliphatic rings. The molecule has 1 saturated heterocycles. The van der Waals surface area contributed by atoms with Gasteiger partial charge in [0.1, 0.15) is 11.9 Å². The summed E-state index contributed by atoms with van der Waals surface area (Å²) in [6, 6.07) is 12.5. The standard InChI is InChI=1S/C33H42FN3O6/c1-20(35)21-10-12-23(13-11-21)30(39)37-17-16-25(22-8-6-5-7-9-22)28(37)29(38)36-24-14-15-26(27(34)18-24)31(40)42-19-43-32(41)33(2,3)4/h5-9,14-15,18,20-21,23,25,28H,10-13,16-17,19,35H2,1-4H3,(H,36,38)/t20?,21-,23-,25-,28-/m0/s1. The highest BCUT2D eigenvalue weighted by atomic mass is 19.1. The molecule has 0 aromatic heterocycles. The summed E-state index contributed by atoms with van der Waals surface area (Å²) in [5.41, 5.74) is 6.04. The third-order valence-corrected chi connectivity index (χ3v) is 8.49. The number of carbonyl (C=O) groups excluding carboxylic acids is 4. The topological polar surface area (TPSA) is 128 Å². The van der Waals surface area contributed by atoms with Crippen molar-refractivity contribution in [3.8, 4) is 0 Å². The van der Waals surface area contributed by atoms with Gasteiger partial charge in [0.05, 0.1) is 11.0 Å². The number of anilines is 1. The largest absolute Gasteiger partial charge is 0.427 e. The van der Waals surface area contributed by atoms with Crippen LogP contribution >= 0.6 is 0 Å². The van der Waals surface area contributed by atoms with Crippen LogP contribution in [0.25, 0.3) is 0 Å². The van der Waals surface area contributed by atoms with Crippen molar-refractivity contribution in [3.05, 3.63) is 65.5 Å². The van der Waals surface area contributed by atoms with E-state index in [4.69, 9.17) is 15.2 Å². The first-order chi connectivity index (χ1) is 20.4. The van der Waals surface area contributed by atoms with E-state index in [1.165, 1.54) is 12.1 Å². The number of rotatable bonds is 8. The van der Waals surface area contributed by atoms with Crippen molar-refractivity contribution >= 4 is 29.4 Å². The van der Waals surface area contributed by atoms with Crippen LogP contribution in [-0.4, -0.2) is 54.1 Å². The lowest BCUT2D eigenvalue weighted by Crippen LogP contribution is -2.48. The second-order valence-corrected chi connectivity index (χ2v) is 12.7. The Hall–Kier alpha value is -3.79. The number of nitrogens with one attached hydrogen (secondary N) is 1. The minimum absolute atomic E-state index is 0.0295. The maximum atomic E-state index is 14.9. The summed E-state index contributed by atoms with van der Waals surface area (Å²) in [4.78, 5) is 53.4. The fourth-order valence-electron chi connectivity index (χ4n) is 5.94. The second kappa shape index (κ2) is 13.7. The van der Waals surface area contributed by atoms with Crippen LogP contribution in [0.15, 0.2) is 48.5 Å². The van der Waals surface area contributed by atoms with Crippen molar-refractivity contribution in [2.75, 3.05) is 18.7 Å². The molecule has 43 heavy (non-hydrogen) atoms. The predicted molar refractivity (Wildman–Crippen MR) is 159 cm³/mol. The van der Waals surface area contributed by atoms with E-state index < -0.39 is 41.9 Å². The monoisotopic (exact) mass is 595 g/mol. The molecule has 1 saturated carbocycles. The van der Waals surface area contributed by atoms with Crippen LogP contribution in [0, 0.1) is 23.1 Å². The van der Waals surface area contributed by atoms with Gasteiger partial charge >= 0.3 is 11.9 Å². The SMILES string of the molecule is CC(N)[C@H]1CC[C@H](C(=O)N2CC[C@@H](c3ccccc3)[C@H]2C(=O)Nc2ccc(C(=O)OCOC(=O)C(C)(C)C)c(F)c2)CC1. The van der Waals surface area contributed by atoms with Gasteiger partial charge in [-0.25, -0.2) is 9.18 Å². The molecule has 1 aliphatic carbocycles. The lowest BCUT2D eigenvalue weighted by molar-refractivity contribution is -0.161. The molecule has 10 heteroatoms. The third-order valence-electron chi connectivity index (χ3n) is 8.49. The number of nitrogens with zero attached hydrogens (tertiary/aromatic N) is 1. The maximum absolute atomic E-state index is 14.9. The van der Waals surface area contributed by atoms with E-state index in [0.717, 1.165) is 37.3 Å². The molecule has 9 nitrogen and oxygen atoms in total. The van der Waals surface area contributed by atoms with Gasteiger partial charge in [0.15, 0.2) is 0 Å². The number of carbonyl (C=O) groups is 4. The van der Waals surface area contributed by atoms with Gasteiger partial charge in [-0.05, 0) is 89.5 Å². The Bertz CT molecular complexity index is 1320. The summed E-state index contributed by atoms with van der Waals surface area (Å²) in [6.07, 6.45) is 3.87. The fraction of sp³-hybridized carbons (Fsp3) is 0.515. The molecular weight excluding hydrogens is 553 g/mol. The summed E-state index contributed by atoms with van der Waals surface area (Å²) in [6.45, 7) is 6.76. The molecule has 0 bridgehead atoms. The Morgan fingerprint density at radius 1 is 1.00 bits per heavy atom. The number of amides is 2. The molecular formula is C33H42FN3O6. The van der Waals surface area contributed by atoms with E-state index in [1.807, 2.05) is 37.3 Å². The minimum atomic E-state index is -1.01. The molecule has 0 spiro atoms. The number of likely N-dealkylation sites (tertiary alicyclic amines) is 1. The molecule has 1 unspecified atom stereocenters. The van der Waals surface area contributed by atoms with Gasteiger partial charge in [0, 0.05) is 30.1 Å². The molecule has 232 valence electrons. The zero-order valence-corrected chi connectivity index (χ0v) is 25.3. The van der Waals surface area contributed by atoms with Gasteiger partial charge < -0.3 is 25.4 Å². The Labute approximate surface area is 252 Å². The Balaban J connectivity index is 1.46. The molecule has 3 N–H and O–H groups in total. The first kappa shape index (κ1) is 32.1. The predicted octanol–water partition coefficient (Wildman–Crippen LogP) is 5.01. The summed E-state index contributed by atoms with van der Waals surface area (Å²) in [5, 5.41) is 2.76. The molecule has 0 radical (unpaired) electrons. The van der Waals surface area contributed by atoms with Crippen molar-refractivity contribution in [2.45, 2.75) is 77.8 Å². The van der Waals surface area contributed by atoms with Crippen LogP contribution in [0.5, 0.6) is 0 Å². The number of hydrogen-bond donors (Lipinski definition) is 2. The number of hydrogen-bond acceptors (Lipinski definition) is 7. The molecule has 4 rings (SSSR count). The van der Waals surface area contributed by atoms with Crippen LogP contribution in [0.3, 0.4) is 0 Å². The van der Waals surface area contributed by atoms with E-state index in [1.54, 1.807) is 25.7 Å². The zero-order valence-electron chi connectivity index (χ0n) is 25.3. The van der Waals surface area contributed by atoms with Crippen molar-refractivity contribution in [2.24, 2.45) is 23.0 Å². The quantitative estimate of drug-likeness (QED) is 0.325. The first-order valence-corrected chi connectivity index (χ1v) is 14.9. The number of ether oxygens (including phenoxy) is 2. The van der Waals surface area contributed by atoms with Gasteiger partial charge in [-0.1, -0.05) is 30.3 Å². The van der Waals surface area contributed by atoms with Gasteiger partial charge in [-0.2, -0.15) is 0 Å². The van der Waals surface area contributed by atoms with Crippen molar-refractivity contribution in [1.29, 1.82) is 0 Å². The number of esters is 2. The minimum Gasteiger partial charge on any atom is -0.427 e. The molecule has 2 aromatic rings. The van der Waals surface area contributed by atoms with E-state index in [0.29, 0.717) is 18.9 Å². The van der Waals surface area contributed by atoms with Crippen molar-refractivity contribution in [3.63, 3.8) is 0 Å². The normalized spacial score (nSPS) is 22.9. The Morgan fingerprint density at radius 3 is 2.28 bits per heavy atom. The average Bonchev–Trinajstić information content (AvgIpc) is 3.42. The Morgan fingerprint density at radius 2 is 1.67 bits per heavy atom. The highest BCUT2D eigenvalue weighted by molar-refractivity contribution is 5.99. The molecule has 2 fully saturated rings. The maximum Gasteiger partial charge on any atom is 0.344 e. The average molecular weight is 596 g/mol. The highest BCUT2D eigenvalue weighted by Gasteiger charge is 2.44. The fourth-order valence-corrected chi connectivity index (χ4v) is 5.94. The second-order valence-electron chi connectivity index (χ2n) is 12.7. The van der Waals surface area contributed by atoms with E-state index in [9.17, 15) is 23.6 Å². The number of benzene rings is 2. The zero-order chi connectivity index (χ0) is 31.3. The van der Waals surface area contributed by atoms with E-state index >= 15 is 0 Å². The first-order valence-electron chi connectivity index (χ1n) is 14.9. The van der Waals surface area contributed by atoms with Crippen LogP contribution in [0.2, 0.25) is 0 Å². The van der Waals surface area contributed by atoms with Gasteiger partial charge in [-0.15, -0.1) is 0 Å². The number of halogens is 1. The molecule has 3 atom stereocenters. The van der Waals surface area contributed by atoms with Crippen LogP contribution in [-0.2, 0) is 23.9 Å². The van der Waals surface area contributed by atoms with Crippen molar-refractivity contribution in [1.82, 2.24) is 4.90 Å². The summed E-state index contributed by atoms with van der Waals surface area (Å²) < 4.78 is 24.8. The van der Waals surface area contributed by atoms with Gasteiger partial charge in [0.25, 0.3) is 0 Å². The lowest BCUT2D eigenvalue weighted by atomic mass is 9.78. The smallest absolute Gasteiger partial charge is 0.344 e. The summed E-state index contributed by atoms with van der Waals surface area (Å²) in [7, 11) is 0. The molecule has 2 amide bonds. The Kier molecular flexibility index (Phi) is 10.2. The molecule has 1 aliphatic heterocycles. The molecule has 2 aromatic carbocycles. The van der Waals surface area contributed by atoms with Crippen LogP contribution in [0.4, 0.5) is 10.1 Å². The van der Waals surface area contributed by atoms with Crippen molar-refractivity contribution < 1.29 is 33.0 Å². The highest BCUT2D eigenvalue weighted by Crippen LogP contribution is 2.38. The lowest BCUT2D eigenvalue weighted by Gasteiger charge is -2.34. The van der Waals surface area contributed by atoms with Crippen LogP contribution < -0.4 is 11.1 Å². The number of nitrogens with two attached hydrogens (primary N) is 1.